The zero-order valence-corrected chi connectivity index (χ0v) is 13.8. The fourth-order valence-electron chi connectivity index (χ4n) is 3.85. The second kappa shape index (κ2) is 6.87. The van der Waals surface area contributed by atoms with Crippen molar-refractivity contribution in [3.05, 3.63) is 54.5 Å². The molecule has 1 spiro atoms. The molecule has 0 saturated carbocycles. The van der Waals surface area contributed by atoms with Gasteiger partial charge < -0.3 is 9.47 Å². The van der Waals surface area contributed by atoms with E-state index in [9.17, 15) is 0 Å². The minimum Gasteiger partial charge on any atom is -0.478 e. The first-order chi connectivity index (χ1) is 11.8. The molecule has 2 aromatic heterocycles. The number of ether oxygens (including phenoxy) is 2. The molecule has 2 aliphatic rings. The van der Waals surface area contributed by atoms with Crippen molar-refractivity contribution < 1.29 is 9.47 Å². The highest BCUT2D eigenvalue weighted by Crippen LogP contribution is 2.42. The molecule has 0 N–H and O–H groups in total. The second-order valence-electron chi connectivity index (χ2n) is 6.71. The van der Waals surface area contributed by atoms with Crippen LogP contribution in [0, 0.1) is 5.92 Å². The summed E-state index contributed by atoms with van der Waals surface area (Å²) in [6.45, 7) is 4.55. The van der Waals surface area contributed by atoms with Crippen molar-refractivity contribution >= 4 is 0 Å². The maximum Gasteiger partial charge on any atom is 0.213 e. The molecule has 1 atom stereocenters. The molecule has 0 radical (unpaired) electrons. The van der Waals surface area contributed by atoms with Gasteiger partial charge in [0.1, 0.15) is 0 Å². The highest BCUT2D eigenvalue weighted by molar-refractivity contribution is 5.12. The first-order valence-electron chi connectivity index (χ1n) is 8.63. The molecule has 2 aromatic rings. The van der Waals surface area contributed by atoms with E-state index in [4.69, 9.17) is 9.47 Å². The lowest BCUT2D eigenvalue weighted by Gasteiger charge is -2.50. The van der Waals surface area contributed by atoms with E-state index in [2.05, 4.69) is 20.9 Å². The fourth-order valence-corrected chi connectivity index (χ4v) is 3.85. The summed E-state index contributed by atoms with van der Waals surface area (Å²) in [4.78, 5) is 10.8. The number of aromatic nitrogens is 2. The maximum absolute atomic E-state index is 6.13. The van der Waals surface area contributed by atoms with Crippen LogP contribution in [0.1, 0.15) is 18.4 Å². The van der Waals surface area contributed by atoms with Gasteiger partial charge in [0.15, 0.2) is 0 Å². The molecule has 2 saturated heterocycles. The van der Waals surface area contributed by atoms with E-state index >= 15 is 0 Å². The standard InChI is InChI=1S/C19H23N3O2/c1-2-9-21-18(5-1)23-10-6-17-7-11-24-19(17)14-22(15-19)13-16-4-3-8-20-12-16/h1-5,8-9,12,17H,6-7,10-11,13-15H2. The molecule has 4 rings (SSSR count). The second-order valence-corrected chi connectivity index (χ2v) is 6.71. The minimum absolute atomic E-state index is 0.0374. The minimum atomic E-state index is 0.0374. The fraction of sp³-hybridized carbons (Fsp3) is 0.474. The molecule has 0 bridgehead atoms. The van der Waals surface area contributed by atoms with E-state index in [0.29, 0.717) is 18.4 Å². The molecule has 4 heterocycles. The van der Waals surface area contributed by atoms with E-state index in [1.807, 2.05) is 36.7 Å². The van der Waals surface area contributed by atoms with Crippen LogP contribution in [0.2, 0.25) is 0 Å². The van der Waals surface area contributed by atoms with Crippen LogP contribution >= 0.6 is 0 Å². The lowest BCUT2D eigenvalue weighted by Crippen LogP contribution is -2.64. The third-order valence-corrected chi connectivity index (χ3v) is 5.07. The Morgan fingerprint density at radius 1 is 1.21 bits per heavy atom. The molecular weight excluding hydrogens is 302 g/mol. The van der Waals surface area contributed by atoms with Gasteiger partial charge in [0.2, 0.25) is 5.88 Å². The van der Waals surface area contributed by atoms with Crippen molar-refractivity contribution in [1.29, 1.82) is 0 Å². The first-order valence-corrected chi connectivity index (χ1v) is 8.63. The van der Waals surface area contributed by atoms with Gasteiger partial charge >= 0.3 is 0 Å². The Morgan fingerprint density at radius 2 is 2.17 bits per heavy atom. The van der Waals surface area contributed by atoms with Crippen molar-refractivity contribution in [2.24, 2.45) is 5.92 Å². The van der Waals surface area contributed by atoms with Gasteiger partial charge in [0.05, 0.1) is 12.2 Å². The predicted octanol–water partition coefficient (Wildman–Crippen LogP) is 2.54. The topological polar surface area (TPSA) is 47.5 Å². The third-order valence-electron chi connectivity index (χ3n) is 5.07. The molecule has 5 heteroatoms. The summed E-state index contributed by atoms with van der Waals surface area (Å²) >= 11 is 0. The summed E-state index contributed by atoms with van der Waals surface area (Å²) in [5.74, 6) is 1.28. The Balaban J connectivity index is 1.27. The van der Waals surface area contributed by atoms with E-state index < -0.39 is 0 Å². The van der Waals surface area contributed by atoms with Gasteiger partial charge in [-0.2, -0.15) is 0 Å². The summed E-state index contributed by atoms with van der Waals surface area (Å²) in [5.41, 5.74) is 1.30. The van der Waals surface area contributed by atoms with E-state index in [0.717, 1.165) is 39.1 Å². The predicted molar refractivity (Wildman–Crippen MR) is 90.7 cm³/mol. The largest absolute Gasteiger partial charge is 0.478 e. The van der Waals surface area contributed by atoms with Crippen LogP contribution in [0.4, 0.5) is 0 Å². The smallest absolute Gasteiger partial charge is 0.213 e. The van der Waals surface area contributed by atoms with Crippen LogP contribution in [0.25, 0.3) is 0 Å². The molecule has 126 valence electrons. The van der Waals surface area contributed by atoms with Crippen LogP contribution in [0.15, 0.2) is 48.9 Å². The van der Waals surface area contributed by atoms with Gasteiger partial charge in [-0.15, -0.1) is 0 Å². The van der Waals surface area contributed by atoms with Gasteiger partial charge in [0.25, 0.3) is 0 Å². The lowest BCUT2D eigenvalue weighted by atomic mass is 9.79. The summed E-state index contributed by atoms with van der Waals surface area (Å²) in [5, 5.41) is 0. The zero-order chi connectivity index (χ0) is 16.2. The van der Waals surface area contributed by atoms with E-state index in [1.54, 1.807) is 6.20 Å². The summed E-state index contributed by atoms with van der Waals surface area (Å²) < 4.78 is 11.9. The Hall–Kier alpha value is -1.98. The maximum atomic E-state index is 6.13. The van der Waals surface area contributed by atoms with E-state index in [-0.39, 0.29) is 5.60 Å². The molecule has 0 amide bonds. The Bertz CT molecular complexity index is 644. The van der Waals surface area contributed by atoms with Crippen molar-refractivity contribution in [2.75, 3.05) is 26.3 Å². The Kier molecular flexibility index (Phi) is 4.45. The number of pyridine rings is 2. The molecule has 1 unspecified atom stereocenters. The number of hydrogen-bond acceptors (Lipinski definition) is 5. The van der Waals surface area contributed by atoms with Gasteiger partial charge in [-0.1, -0.05) is 12.1 Å². The van der Waals surface area contributed by atoms with Crippen molar-refractivity contribution in [1.82, 2.24) is 14.9 Å². The molecular formula is C19H23N3O2. The average molecular weight is 325 g/mol. The highest BCUT2D eigenvalue weighted by Gasteiger charge is 2.52. The van der Waals surface area contributed by atoms with Crippen molar-refractivity contribution in [2.45, 2.75) is 25.0 Å². The van der Waals surface area contributed by atoms with E-state index in [1.165, 1.54) is 5.56 Å². The van der Waals surface area contributed by atoms with Gasteiger partial charge in [-0.3, -0.25) is 9.88 Å². The zero-order valence-electron chi connectivity index (χ0n) is 13.8. The van der Waals surface area contributed by atoms with Crippen LogP contribution in [0.3, 0.4) is 0 Å². The normalized spacial score (nSPS) is 22.4. The molecule has 2 fully saturated rings. The summed E-state index contributed by atoms with van der Waals surface area (Å²) in [6.07, 6.45) is 7.68. The molecule has 5 nitrogen and oxygen atoms in total. The lowest BCUT2D eigenvalue weighted by molar-refractivity contribution is -0.138. The summed E-state index contributed by atoms with van der Waals surface area (Å²) in [6, 6.07) is 9.88. The van der Waals surface area contributed by atoms with Crippen LogP contribution in [0.5, 0.6) is 5.88 Å². The number of likely N-dealkylation sites (tertiary alicyclic amines) is 1. The Labute approximate surface area is 142 Å². The monoisotopic (exact) mass is 325 g/mol. The van der Waals surface area contributed by atoms with Crippen molar-refractivity contribution in [3.8, 4) is 5.88 Å². The number of nitrogens with zero attached hydrogens (tertiary/aromatic N) is 3. The SMILES string of the molecule is c1ccc(OCCC2CCOC23CN(Cc2cccnc2)C3)nc1. The number of hydrogen-bond donors (Lipinski definition) is 0. The molecule has 24 heavy (non-hydrogen) atoms. The third kappa shape index (κ3) is 3.28. The van der Waals surface area contributed by atoms with Crippen LogP contribution in [-0.4, -0.2) is 46.8 Å². The highest BCUT2D eigenvalue weighted by atomic mass is 16.5. The quantitative estimate of drug-likeness (QED) is 0.817. The average Bonchev–Trinajstić information content (AvgIpc) is 3.00. The molecule has 2 aliphatic heterocycles. The Morgan fingerprint density at radius 3 is 2.96 bits per heavy atom. The number of rotatable bonds is 6. The molecule has 0 aliphatic carbocycles. The summed E-state index contributed by atoms with van der Waals surface area (Å²) in [7, 11) is 0. The van der Waals surface area contributed by atoms with Gasteiger partial charge in [-0.25, -0.2) is 4.98 Å². The van der Waals surface area contributed by atoms with Gasteiger partial charge in [-0.05, 0) is 36.5 Å². The van der Waals surface area contributed by atoms with Crippen LogP contribution < -0.4 is 4.74 Å². The van der Waals surface area contributed by atoms with Gasteiger partial charge in [0, 0.05) is 50.9 Å². The van der Waals surface area contributed by atoms with Crippen molar-refractivity contribution in [3.63, 3.8) is 0 Å². The first kappa shape index (κ1) is 15.5. The van der Waals surface area contributed by atoms with Crippen LogP contribution in [-0.2, 0) is 11.3 Å². The molecule has 0 aromatic carbocycles.